The van der Waals surface area contributed by atoms with Crippen LogP contribution in [0.15, 0.2) is 0 Å². The Kier molecular flexibility index (Phi) is 6.05. The van der Waals surface area contributed by atoms with Gasteiger partial charge >= 0.3 is 0 Å². The molecule has 1 heterocycles. The van der Waals surface area contributed by atoms with Gasteiger partial charge in [-0.15, -0.1) is 0 Å². The van der Waals surface area contributed by atoms with Gasteiger partial charge in [-0.2, -0.15) is 11.8 Å². The number of nitrogens with one attached hydrogen (secondary N) is 1. The van der Waals surface area contributed by atoms with Gasteiger partial charge in [0.05, 0.1) is 6.04 Å². The lowest BCUT2D eigenvalue weighted by atomic mass is 10.2. The average molecular weight is 232 g/mol. The van der Waals surface area contributed by atoms with Crippen LogP contribution in [0, 0.1) is 0 Å². The summed E-state index contributed by atoms with van der Waals surface area (Å²) in [5.41, 5.74) is 0. The zero-order valence-electron chi connectivity index (χ0n) is 9.24. The number of hydrogen-bond acceptors (Lipinski definition) is 4. The molecule has 0 aromatic heterocycles. The predicted octanol–water partition coefficient (Wildman–Crippen LogP) is -0.0777. The summed E-state index contributed by atoms with van der Waals surface area (Å²) < 4.78 is 0. The number of amides is 1. The molecule has 5 heteroatoms. The summed E-state index contributed by atoms with van der Waals surface area (Å²) in [4.78, 5) is 13.9. The molecule has 0 spiro atoms. The second-order valence-corrected chi connectivity index (χ2v) is 4.92. The van der Waals surface area contributed by atoms with Gasteiger partial charge in [-0.1, -0.05) is 0 Å². The van der Waals surface area contributed by atoms with E-state index in [1.807, 2.05) is 18.7 Å². The van der Waals surface area contributed by atoms with E-state index < -0.39 is 0 Å². The number of carbonyl (C=O) groups is 1. The van der Waals surface area contributed by atoms with E-state index in [1.165, 1.54) is 0 Å². The van der Waals surface area contributed by atoms with Gasteiger partial charge in [-0.3, -0.25) is 9.69 Å². The molecule has 0 bridgehead atoms. The van der Waals surface area contributed by atoms with E-state index in [4.69, 9.17) is 5.11 Å². The van der Waals surface area contributed by atoms with Crippen LogP contribution < -0.4 is 5.32 Å². The van der Waals surface area contributed by atoms with Crippen molar-refractivity contribution in [2.24, 2.45) is 0 Å². The van der Waals surface area contributed by atoms with Gasteiger partial charge in [0.2, 0.25) is 5.91 Å². The molecule has 0 aliphatic carbocycles. The monoisotopic (exact) mass is 232 g/mol. The lowest BCUT2D eigenvalue weighted by Crippen LogP contribution is -2.48. The zero-order valence-corrected chi connectivity index (χ0v) is 10.1. The van der Waals surface area contributed by atoms with Crippen molar-refractivity contribution >= 4 is 17.7 Å². The van der Waals surface area contributed by atoms with Crippen molar-refractivity contribution in [3.63, 3.8) is 0 Å². The summed E-state index contributed by atoms with van der Waals surface area (Å²) in [6.45, 7) is 4.65. The lowest BCUT2D eigenvalue weighted by molar-refractivity contribution is -0.125. The van der Waals surface area contributed by atoms with Crippen molar-refractivity contribution in [2.75, 3.05) is 37.7 Å². The Morgan fingerprint density at radius 3 is 2.80 bits per heavy atom. The molecule has 0 saturated carbocycles. The molecular weight excluding hydrogens is 212 g/mol. The topological polar surface area (TPSA) is 52.6 Å². The number of aliphatic hydroxyl groups is 1. The van der Waals surface area contributed by atoms with Crippen LogP contribution in [-0.4, -0.2) is 59.7 Å². The van der Waals surface area contributed by atoms with E-state index in [-0.39, 0.29) is 18.6 Å². The van der Waals surface area contributed by atoms with Crippen LogP contribution in [0.4, 0.5) is 0 Å². The molecule has 1 fully saturated rings. The Morgan fingerprint density at radius 2 is 2.20 bits per heavy atom. The number of rotatable bonds is 5. The van der Waals surface area contributed by atoms with Crippen LogP contribution in [0.2, 0.25) is 0 Å². The van der Waals surface area contributed by atoms with Gasteiger partial charge in [0.1, 0.15) is 0 Å². The summed E-state index contributed by atoms with van der Waals surface area (Å²) in [5.74, 6) is 2.32. The largest absolute Gasteiger partial charge is 0.396 e. The van der Waals surface area contributed by atoms with E-state index in [0.717, 1.165) is 24.6 Å². The van der Waals surface area contributed by atoms with Crippen molar-refractivity contribution < 1.29 is 9.90 Å². The highest BCUT2D eigenvalue weighted by atomic mass is 32.2. The molecule has 1 rings (SSSR count). The fourth-order valence-electron chi connectivity index (χ4n) is 1.57. The molecule has 1 amide bonds. The van der Waals surface area contributed by atoms with Crippen LogP contribution in [0.1, 0.15) is 13.3 Å². The van der Waals surface area contributed by atoms with Gasteiger partial charge in [0, 0.05) is 37.7 Å². The van der Waals surface area contributed by atoms with Crippen LogP contribution in [0.25, 0.3) is 0 Å². The van der Waals surface area contributed by atoms with Crippen molar-refractivity contribution in [1.82, 2.24) is 10.2 Å². The molecule has 1 aliphatic heterocycles. The number of nitrogens with zero attached hydrogens (tertiary/aromatic N) is 1. The Hall–Kier alpha value is -0.260. The van der Waals surface area contributed by atoms with Crippen molar-refractivity contribution in [2.45, 2.75) is 19.4 Å². The van der Waals surface area contributed by atoms with Crippen LogP contribution in [-0.2, 0) is 4.79 Å². The first-order chi connectivity index (χ1) is 7.25. The summed E-state index contributed by atoms with van der Waals surface area (Å²) in [6, 6.07) is -0.0374. The molecule has 1 saturated heterocycles. The first-order valence-electron chi connectivity index (χ1n) is 5.46. The van der Waals surface area contributed by atoms with E-state index in [1.54, 1.807) is 0 Å². The summed E-state index contributed by atoms with van der Waals surface area (Å²) in [7, 11) is 0. The third-order valence-corrected chi connectivity index (χ3v) is 3.55. The second-order valence-electron chi connectivity index (χ2n) is 3.69. The normalized spacial score (nSPS) is 19.9. The summed E-state index contributed by atoms with van der Waals surface area (Å²) >= 11 is 1.94. The number of aliphatic hydroxyl groups excluding tert-OH is 1. The van der Waals surface area contributed by atoms with E-state index in [9.17, 15) is 4.79 Å². The maximum Gasteiger partial charge on any atom is 0.237 e. The molecule has 2 N–H and O–H groups in total. The molecule has 1 aliphatic rings. The summed E-state index contributed by atoms with van der Waals surface area (Å²) in [5, 5.41) is 11.4. The van der Waals surface area contributed by atoms with Crippen LogP contribution in [0.3, 0.4) is 0 Å². The van der Waals surface area contributed by atoms with Gasteiger partial charge in [0.25, 0.3) is 0 Å². The van der Waals surface area contributed by atoms with Crippen molar-refractivity contribution in [3.05, 3.63) is 0 Å². The first-order valence-corrected chi connectivity index (χ1v) is 6.61. The van der Waals surface area contributed by atoms with Crippen molar-refractivity contribution in [1.29, 1.82) is 0 Å². The van der Waals surface area contributed by atoms with E-state index in [0.29, 0.717) is 13.0 Å². The molecule has 88 valence electrons. The van der Waals surface area contributed by atoms with Gasteiger partial charge < -0.3 is 10.4 Å². The molecule has 0 radical (unpaired) electrons. The highest BCUT2D eigenvalue weighted by Crippen LogP contribution is 2.11. The third-order valence-electron chi connectivity index (χ3n) is 2.61. The lowest BCUT2D eigenvalue weighted by Gasteiger charge is -2.31. The van der Waals surface area contributed by atoms with Gasteiger partial charge in [-0.05, 0) is 13.3 Å². The maximum absolute atomic E-state index is 11.7. The molecular formula is C10H20N2O2S. The summed E-state index contributed by atoms with van der Waals surface area (Å²) in [6.07, 6.45) is 0.633. The molecule has 1 unspecified atom stereocenters. The van der Waals surface area contributed by atoms with Crippen LogP contribution >= 0.6 is 11.8 Å². The average Bonchev–Trinajstić information content (AvgIpc) is 2.29. The third kappa shape index (κ3) is 4.40. The highest BCUT2D eigenvalue weighted by Gasteiger charge is 2.22. The van der Waals surface area contributed by atoms with Gasteiger partial charge in [0.15, 0.2) is 0 Å². The van der Waals surface area contributed by atoms with E-state index >= 15 is 0 Å². The molecule has 15 heavy (non-hydrogen) atoms. The van der Waals surface area contributed by atoms with Crippen molar-refractivity contribution in [3.8, 4) is 0 Å². The first kappa shape index (κ1) is 12.8. The maximum atomic E-state index is 11.7. The van der Waals surface area contributed by atoms with Gasteiger partial charge in [-0.25, -0.2) is 0 Å². The Bertz CT molecular complexity index is 196. The van der Waals surface area contributed by atoms with E-state index in [2.05, 4.69) is 10.2 Å². The molecule has 0 aromatic rings. The second kappa shape index (κ2) is 7.09. The number of hydrogen-bond donors (Lipinski definition) is 2. The number of carbonyl (C=O) groups excluding carboxylic acids is 1. The minimum absolute atomic E-state index is 0.0374. The minimum atomic E-state index is -0.0374. The van der Waals surface area contributed by atoms with Crippen LogP contribution in [0.5, 0.6) is 0 Å². The molecule has 1 atom stereocenters. The highest BCUT2D eigenvalue weighted by molar-refractivity contribution is 7.99. The Balaban J connectivity index is 2.24. The smallest absolute Gasteiger partial charge is 0.237 e. The predicted molar refractivity (Wildman–Crippen MR) is 63.1 cm³/mol. The Labute approximate surface area is 95.4 Å². The quantitative estimate of drug-likeness (QED) is 0.651. The molecule has 0 aromatic carbocycles. The SMILES string of the molecule is CC(C(=O)NCCCO)N1CCSCC1. The molecule has 4 nitrogen and oxygen atoms in total. The standard InChI is InChI=1S/C10H20N2O2S/c1-9(10(14)11-3-2-6-13)12-4-7-15-8-5-12/h9,13H,2-8H2,1H3,(H,11,14). The fourth-order valence-corrected chi connectivity index (χ4v) is 2.50. The number of thioether (sulfide) groups is 1. The minimum Gasteiger partial charge on any atom is -0.396 e. The fraction of sp³-hybridized carbons (Fsp3) is 0.900. The zero-order chi connectivity index (χ0) is 11.1. The Morgan fingerprint density at radius 1 is 1.53 bits per heavy atom.